The third-order valence-corrected chi connectivity index (χ3v) is 5.84. The molecule has 0 aliphatic rings. The highest BCUT2D eigenvalue weighted by Gasteiger charge is 2.15. The fourth-order valence-corrected chi connectivity index (χ4v) is 4.12. The molecule has 4 aromatic carbocycles. The molecule has 1 aromatic heterocycles. The molecule has 5 rings (SSSR count). The van der Waals surface area contributed by atoms with E-state index in [1.807, 2.05) is 30.3 Å². The topological polar surface area (TPSA) is 64.1 Å². The Kier molecular flexibility index (Phi) is 4.79. The monoisotopic (exact) mass is 446 g/mol. The zero-order valence-electron chi connectivity index (χ0n) is 16.9. The standard InChI is InChI=1S/C25H16ClFN2O3/c1-32-16-12-19(23(26)20(27)13-16)15-9-10-18-21(11-15)28-25(31)29(24(18)30)22-8-4-6-14-5-2-3-7-17(14)22/h2-13H,1H3,(H,28,31). The molecule has 0 radical (unpaired) electrons. The van der Waals surface area contributed by atoms with E-state index < -0.39 is 17.1 Å². The summed E-state index contributed by atoms with van der Waals surface area (Å²) in [6.07, 6.45) is 0. The predicted molar refractivity (Wildman–Crippen MR) is 125 cm³/mol. The summed E-state index contributed by atoms with van der Waals surface area (Å²) in [6.45, 7) is 0. The molecule has 1 N–H and O–H groups in total. The van der Waals surface area contributed by atoms with E-state index in [0.29, 0.717) is 33.5 Å². The van der Waals surface area contributed by atoms with Gasteiger partial charge in [-0.2, -0.15) is 0 Å². The lowest BCUT2D eigenvalue weighted by atomic mass is 10.0. The molecule has 0 saturated heterocycles. The number of nitrogens with one attached hydrogen (secondary N) is 1. The Bertz CT molecular complexity index is 1630. The van der Waals surface area contributed by atoms with E-state index in [0.717, 1.165) is 15.3 Å². The van der Waals surface area contributed by atoms with E-state index in [1.54, 1.807) is 36.4 Å². The van der Waals surface area contributed by atoms with Crippen molar-refractivity contribution < 1.29 is 9.13 Å². The molecule has 0 spiro atoms. The average molecular weight is 447 g/mol. The van der Waals surface area contributed by atoms with Crippen LogP contribution >= 0.6 is 11.6 Å². The van der Waals surface area contributed by atoms with Gasteiger partial charge in [0.05, 0.1) is 28.7 Å². The van der Waals surface area contributed by atoms with Gasteiger partial charge in [0, 0.05) is 17.0 Å². The van der Waals surface area contributed by atoms with Crippen LogP contribution in [0.4, 0.5) is 4.39 Å². The Morgan fingerprint density at radius 2 is 1.72 bits per heavy atom. The number of hydrogen-bond acceptors (Lipinski definition) is 3. The maximum atomic E-state index is 14.2. The molecule has 1 heterocycles. The first-order chi connectivity index (χ1) is 15.5. The van der Waals surface area contributed by atoms with Crippen molar-refractivity contribution in [3.8, 4) is 22.6 Å². The highest BCUT2D eigenvalue weighted by Crippen LogP contribution is 2.34. The first-order valence-corrected chi connectivity index (χ1v) is 10.2. The predicted octanol–water partition coefficient (Wildman–Crippen LogP) is 5.30. The van der Waals surface area contributed by atoms with Crippen LogP contribution in [0.15, 0.2) is 82.4 Å². The minimum absolute atomic E-state index is 0.0726. The molecule has 0 bridgehead atoms. The molecule has 158 valence electrons. The van der Waals surface area contributed by atoms with Crippen LogP contribution in [0.1, 0.15) is 0 Å². The molecular weight excluding hydrogens is 431 g/mol. The van der Waals surface area contributed by atoms with Crippen molar-refractivity contribution in [2.24, 2.45) is 0 Å². The van der Waals surface area contributed by atoms with Gasteiger partial charge in [0.15, 0.2) is 0 Å². The fraction of sp³-hybridized carbons (Fsp3) is 0.0400. The summed E-state index contributed by atoms with van der Waals surface area (Å²) in [5.41, 5.74) is 0.739. The summed E-state index contributed by atoms with van der Waals surface area (Å²) in [7, 11) is 1.43. The molecule has 5 aromatic rings. The highest BCUT2D eigenvalue weighted by atomic mass is 35.5. The lowest BCUT2D eigenvalue weighted by molar-refractivity contribution is 0.411. The van der Waals surface area contributed by atoms with Crippen molar-refractivity contribution in [2.75, 3.05) is 7.11 Å². The zero-order chi connectivity index (χ0) is 22.4. The number of hydrogen-bond donors (Lipinski definition) is 1. The first-order valence-electron chi connectivity index (χ1n) is 9.78. The third kappa shape index (κ3) is 3.16. The van der Waals surface area contributed by atoms with Crippen molar-refractivity contribution in [2.45, 2.75) is 0 Å². The van der Waals surface area contributed by atoms with Gasteiger partial charge in [0.25, 0.3) is 5.56 Å². The largest absolute Gasteiger partial charge is 0.497 e. The summed E-state index contributed by atoms with van der Waals surface area (Å²) in [5, 5.41) is 1.95. The maximum absolute atomic E-state index is 14.2. The second-order valence-corrected chi connectivity index (χ2v) is 7.68. The average Bonchev–Trinajstić information content (AvgIpc) is 2.80. The van der Waals surface area contributed by atoms with Gasteiger partial charge in [0.1, 0.15) is 11.6 Å². The molecule has 0 aliphatic carbocycles. The quantitative estimate of drug-likeness (QED) is 0.409. The minimum atomic E-state index is -0.624. The van der Waals surface area contributed by atoms with E-state index in [1.165, 1.54) is 13.2 Å². The van der Waals surface area contributed by atoms with Crippen LogP contribution < -0.4 is 16.0 Å². The molecule has 0 atom stereocenters. The molecule has 0 amide bonds. The minimum Gasteiger partial charge on any atom is -0.497 e. The number of nitrogens with zero attached hydrogens (tertiary/aromatic N) is 1. The lowest BCUT2D eigenvalue weighted by Gasteiger charge is -2.12. The summed E-state index contributed by atoms with van der Waals surface area (Å²) < 4.78 is 20.5. The van der Waals surface area contributed by atoms with Crippen molar-refractivity contribution >= 4 is 33.3 Å². The number of methoxy groups -OCH3 is 1. The Morgan fingerprint density at radius 3 is 2.53 bits per heavy atom. The number of aromatic amines is 1. The summed E-state index contributed by atoms with van der Waals surface area (Å²) >= 11 is 6.16. The van der Waals surface area contributed by atoms with Crippen LogP contribution in [0, 0.1) is 5.82 Å². The van der Waals surface area contributed by atoms with Crippen molar-refractivity contribution in [1.82, 2.24) is 9.55 Å². The van der Waals surface area contributed by atoms with Gasteiger partial charge in [0.2, 0.25) is 0 Å². The van der Waals surface area contributed by atoms with Gasteiger partial charge < -0.3 is 9.72 Å². The lowest BCUT2D eigenvalue weighted by Crippen LogP contribution is -2.33. The van der Waals surface area contributed by atoms with E-state index in [9.17, 15) is 14.0 Å². The van der Waals surface area contributed by atoms with Gasteiger partial charge in [-0.3, -0.25) is 4.79 Å². The zero-order valence-corrected chi connectivity index (χ0v) is 17.6. The summed E-state index contributed by atoms with van der Waals surface area (Å²) in [4.78, 5) is 29.0. The number of benzene rings is 4. The first kappa shape index (κ1) is 20.0. The van der Waals surface area contributed by atoms with Gasteiger partial charge >= 0.3 is 5.69 Å². The van der Waals surface area contributed by atoms with E-state index in [4.69, 9.17) is 16.3 Å². The summed E-state index contributed by atoms with van der Waals surface area (Å²) in [5.74, 6) is -0.317. The SMILES string of the molecule is COc1cc(F)c(Cl)c(-c2ccc3c(=O)n(-c4cccc5ccccc45)c(=O)[nH]c3c2)c1. The van der Waals surface area contributed by atoms with Crippen LogP contribution in [0.2, 0.25) is 5.02 Å². The number of rotatable bonds is 3. The van der Waals surface area contributed by atoms with E-state index in [-0.39, 0.29) is 5.02 Å². The Morgan fingerprint density at radius 1 is 0.938 bits per heavy atom. The molecule has 0 fully saturated rings. The summed E-state index contributed by atoms with van der Waals surface area (Å²) in [6, 6.07) is 20.6. The maximum Gasteiger partial charge on any atom is 0.333 e. The number of H-pyrrole nitrogens is 1. The van der Waals surface area contributed by atoms with Crippen LogP contribution in [0.25, 0.3) is 38.5 Å². The van der Waals surface area contributed by atoms with Gasteiger partial charge in [-0.25, -0.2) is 13.8 Å². The van der Waals surface area contributed by atoms with Gasteiger partial charge in [-0.1, -0.05) is 54.1 Å². The van der Waals surface area contributed by atoms with Crippen LogP contribution in [0.3, 0.4) is 0 Å². The van der Waals surface area contributed by atoms with Crippen LogP contribution in [0.5, 0.6) is 5.75 Å². The second kappa shape index (κ2) is 7.66. The van der Waals surface area contributed by atoms with Crippen molar-refractivity contribution in [3.63, 3.8) is 0 Å². The molecule has 0 saturated carbocycles. The van der Waals surface area contributed by atoms with Gasteiger partial charge in [-0.15, -0.1) is 0 Å². The second-order valence-electron chi connectivity index (χ2n) is 7.30. The molecular formula is C25H16ClFN2O3. The normalized spacial score (nSPS) is 11.2. The molecule has 7 heteroatoms. The number of ether oxygens (including phenoxy) is 1. The highest BCUT2D eigenvalue weighted by molar-refractivity contribution is 6.33. The van der Waals surface area contributed by atoms with Crippen LogP contribution in [-0.4, -0.2) is 16.7 Å². The molecule has 5 nitrogen and oxygen atoms in total. The smallest absolute Gasteiger partial charge is 0.333 e. The van der Waals surface area contributed by atoms with Crippen LogP contribution in [-0.2, 0) is 0 Å². The Labute approximate surface area is 186 Å². The number of aromatic nitrogens is 2. The molecule has 0 unspecified atom stereocenters. The van der Waals surface area contributed by atoms with Crippen molar-refractivity contribution in [1.29, 1.82) is 0 Å². The van der Waals surface area contributed by atoms with Gasteiger partial charge in [-0.05, 0) is 35.2 Å². The molecule has 32 heavy (non-hydrogen) atoms. The number of fused-ring (bicyclic) bond motifs is 2. The van der Waals surface area contributed by atoms with E-state index in [2.05, 4.69) is 4.98 Å². The fourth-order valence-electron chi connectivity index (χ4n) is 3.90. The Hall–Kier alpha value is -3.90. The Balaban J connectivity index is 1.74. The molecule has 0 aliphatic heterocycles. The number of halogens is 2. The van der Waals surface area contributed by atoms with Crippen molar-refractivity contribution in [3.05, 3.63) is 104 Å². The third-order valence-electron chi connectivity index (χ3n) is 5.45. The van der Waals surface area contributed by atoms with E-state index >= 15 is 0 Å².